The minimum absolute atomic E-state index is 0.339. The molecule has 0 aromatic carbocycles. The fourth-order valence-corrected chi connectivity index (χ4v) is 3.76. The predicted octanol–water partition coefficient (Wildman–Crippen LogP) is 3.51. The molecule has 1 heteroatoms. The highest BCUT2D eigenvalue weighted by molar-refractivity contribution is 6.00. The first-order valence-electron chi connectivity index (χ1n) is 6.74. The molecule has 0 saturated heterocycles. The number of Topliss-reactive ketones (excluding diaryl/α,β-unsaturated/α-hetero) is 1. The average Bonchev–Trinajstić information content (AvgIpc) is 2.93. The molecule has 0 amide bonds. The van der Waals surface area contributed by atoms with E-state index < -0.39 is 0 Å². The van der Waals surface area contributed by atoms with E-state index in [1.54, 1.807) is 0 Å². The highest BCUT2D eigenvalue weighted by Crippen LogP contribution is 2.53. The van der Waals surface area contributed by atoms with E-state index in [9.17, 15) is 4.79 Å². The molecule has 3 aliphatic rings. The van der Waals surface area contributed by atoms with Crippen LogP contribution in [0.4, 0.5) is 0 Å². The Balaban J connectivity index is 1.70. The molecule has 0 radical (unpaired) electrons. The van der Waals surface area contributed by atoms with E-state index in [1.807, 2.05) is 0 Å². The van der Waals surface area contributed by atoms with E-state index in [0.717, 1.165) is 12.0 Å². The maximum absolute atomic E-state index is 12.3. The third-order valence-corrected chi connectivity index (χ3v) is 4.58. The van der Waals surface area contributed by atoms with Gasteiger partial charge < -0.3 is 0 Å². The number of hydrogen-bond donors (Lipinski definition) is 0. The van der Waals surface area contributed by atoms with Crippen LogP contribution in [0.5, 0.6) is 0 Å². The van der Waals surface area contributed by atoms with Gasteiger partial charge in [-0.3, -0.25) is 4.79 Å². The van der Waals surface area contributed by atoms with Crippen molar-refractivity contribution in [2.24, 2.45) is 23.7 Å². The van der Waals surface area contributed by atoms with Crippen molar-refractivity contribution in [1.29, 1.82) is 0 Å². The molecular formula is C15H20O. The number of carbonyl (C=O) groups excluding carboxylic acids is 1. The summed E-state index contributed by atoms with van der Waals surface area (Å²) in [6, 6.07) is 0. The van der Waals surface area contributed by atoms with E-state index in [4.69, 9.17) is 0 Å². The predicted molar refractivity (Wildman–Crippen MR) is 64.9 cm³/mol. The Morgan fingerprint density at radius 1 is 1.25 bits per heavy atom. The molecule has 4 atom stereocenters. The third kappa shape index (κ3) is 1.41. The molecule has 86 valence electrons. The van der Waals surface area contributed by atoms with Crippen LogP contribution in [0.1, 0.15) is 39.0 Å². The van der Waals surface area contributed by atoms with Crippen molar-refractivity contribution < 1.29 is 4.79 Å². The molecule has 0 aromatic rings. The molecular weight excluding hydrogens is 196 g/mol. The normalized spacial score (nSPS) is 39.3. The molecule has 1 nitrogen and oxygen atoms in total. The Hall–Kier alpha value is -0.850. The lowest BCUT2D eigenvalue weighted by atomic mass is 9.85. The number of carbonyl (C=O) groups is 1. The van der Waals surface area contributed by atoms with Crippen molar-refractivity contribution in [2.45, 2.75) is 39.0 Å². The number of fused-ring (bicyclic) bond motifs is 5. The second-order valence-electron chi connectivity index (χ2n) is 5.56. The zero-order valence-electron chi connectivity index (χ0n) is 9.99. The summed E-state index contributed by atoms with van der Waals surface area (Å²) >= 11 is 0. The highest BCUT2D eigenvalue weighted by Gasteiger charge is 2.50. The van der Waals surface area contributed by atoms with Gasteiger partial charge in [0.05, 0.1) is 0 Å². The van der Waals surface area contributed by atoms with Crippen LogP contribution >= 0.6 is 0 Å². The van der Waals surface area contributed by atoms with E-state index in [-0.39, 0.29) is 0 Å². The molecule has 0 aromatic heterocycles. The summed E-state index contributed by atoms with van der Waals surface area (Å²) in [7, 11) is 0. The van der Waals surface area contributed by atoms with Gasteiger partial charge in [-0.2, -0.15) is 0 Å². The number of rotatable bonds is 4. The van der Waals surface area contributed by atoms with Crippen LogP contribution in [0, 0.1) is 23.7 Å². The van der Waals surface area contributed by atoms with Crippen molar-refractivity contribution in [1.82, 2.24) is 0 Å². The van der Waals surface area contributed by atoms with E-state index in [0.29, 0.717) is 29.5 Å². The van der Waals surface area contributed by atoms with Gasteiger partial charge in [0.25, 0.3) is 0 Å². The lowest BCUT2D eigenvalue weighted by Gasteiger charge is -2.17. The zero-order valence-corrected chi connectivity index (χ0v) is 9.99. The summed E-state index contributed by atoms with van der Waals surface area (Å²) in [5.74, 6) is 2.65. The zero-order chi connectivity index (χ0) is 11.1. The van der Waals surface area contributed by atoms with Crippen LogP contribution in [0.25, 0.3) is 0 Å². The van der Waals surface area contributed by atoms with Gasteiger partial charge in [0.15, 0.2) is 5.78 Å². The Bertz CT molecular complexity index is 364. The fraction of sp³-hybridized carbons (Fsp3) is 0.667. The lowest BCUT2D eigenvalue weighted by molar-refractivity contribution is -0.119. The molecule has 3 rings (SSSR count). The number of hydrogen-bond acceptors (Lipinski definition) is 1. The molecule has 0 N–H and O–H groups in total. The minimum atomic E-state index is 0.339. The topological polar surface area (TPSA) is 17.1 Å². The highest BCUT2D eigenvalue weighted by atomic mass is 16.1. The van der Waals surface area contributed by atoms with Crippen LogP contribution in [-0.4, -0.2) is 5.78 Å². The summed E-state index contributed by atoms with van der Waals surface area (Å²) in [6.07, 6.45) is 12.9. The van der Waals surface area contributed by atoms with Gasteiger partial charge in [0.2, 0.25) is 0 Å². The lowest BCUT2D eigenvalue weighted by Crippen LogP contribution is -2.21. The Morgan fingerprint density at radius 3 is 2.81 bits per heavy atom. The molecule has 2 bridgehead atoms. The minimum Gasteiger partial charge on any atom is -0.294 e. The van der Waals surface area contributed by atoms with E-state index in [1.165, 1.54) is 25.7 Å². The third-order valence-electron chi connectivity index (χ3n) is 4.58. The molecule has 4 unspecified atom stereocenters. The summed E-state index contributed by atoms with van der Waals surface area (Å²) in [5, 5.41) is 0. The molecule has 0 aliphatic heterocycles. The molecule has 16 heavy (non-hydrogen) atoms. The summed E-state index contributed by atoms with van der Waals surface area (Å²) in [6.45, 7) is 2.21. The summed E-state index contributed by atoms with van der Waals surface area (Å²) < 4.78 is 0. The van der Waals surface area contributed by atoms with Crippen molar-refractivity contribution in [3.8, 4) is 0 Å². The van der Waals surface area contributed by atoms with Crippen LogP contribution in [-0.2, 0) is 4.79 Å². The quantitative estimate of drug-likeness (QED) is 0.519. The largest absolute Gasteiger partial charge is 0.294 e. The van der Waals surface area contributed by atoms with Gasteiger partial charge in [0, 0.05) is 5.92 Å². The smallest absolute Gasteiger partial charge is 0.162 e. The van der Waals surface area contributed by atoms with Gasteiger partial charge in [-0.25, -0.2) is 0 Å². The molecule has 0 heterocycles. The van der Waals surface area contributed by atoms with Gasteiger partial charge in [-0.15, -0.1) is 0 Å². The van der Waals surface area contributed by atoms with Crippen molar-refractivity contribution >= 4 is 5.78 Å². The van der Waals surface area contributed by atoms with Gasteiger partial charge in [-0.05, 0) is 42.6 Å². The number of ketones is 1. The Morgan fingerprint density at radius 2 is 2.06 bits per heavy atom. The molecule has 1 fully saturated rings. The maximum Gasteiger partial charge on any atom is 0.162 e. The summed E-state index contributed by atoms with van der Waals surface area (Å²) in [4.78, 5) is 12.3. The number of unbranched alkanes of at least 4 members (excludes halogenated alkanes) is 2. The molecule has 0 spiro atoms. The monoisotopic (exact) mass is 216 g/mol. The first-order valence-corrected chi connectivity index (χ1v) is 6.74. The maximum atomic E-state index is 12.3. The van der Waals surface area contributed by atoms with E-state index in [2.05, 4.69) is 25.2 Å². The fourth-order valence-electron chi connectivity index (χ4n) is 3.76. The Labute approximate surface area is 97.6 Å². The van der Waals surface area contributed by atoms with Crippen molar-refractivity contribution in [3.63, 3.8) is 0 Å². The standard InChI is InChI=1S/C15H20O/c1-2-3-4-5-12-9-13-10-6-7-11(8-10)14(13)15(12)16/h6-7,9-11,13-14H,2-5,8H2,1H3. The second kappa shape index (κ2) is 3.87. The van der Waals surface area contributed by atoms with E-state index >= 15 is 0 Å². The molecule has 1 saturated carbocycles. The van der Waals surface area contributed by atoms with Gasteiger partial charge in [0.1, 0.15) is 0 Å². The van der Waals surface area contributed by atoms with Gasteiger partial charge in [-0.1, -0.05) is 38.0 Å². The Kier molecular flexibility index (Phi) is 2.49. The van der Waals surface area contributed by atoms with Crippen molar-refractivity contribution in [2.75, 3.05) is 0 Å². The van der Waals surface area contributed by atoms with Gasteiger partial charge >= 0.3 is 0 Å². The first kappa shape index (κ1) is 10.3. The number of allylic oxidation sites excluding steroid dienone is 4. The van der Waals surface area contributed by atoms with Crippen LogP contribution in [0.2, 0.25) is 0 Å². The van der Waals surface area contributed by atoms with Crippen molar-refractivity contribution in [3.05, 3.63) is 23.8 Å². The average molecular weight is 216 g/mol. The van der Waals surface area contributed by atoms with Crippen LogP contribution in [0.3, 0.4) is 0 Å². The van der Waals surface area contributed by atoms with Crippen LogP contribution < -0.4 is 0 Å². The second-order valence-corrected chi connectivity index (χ2v) is 5.56. The first-order chi connectivity index (χ1) is 7.81. The van der Waals surface area contributed by atoms with Crippen LogP contribution in [0.15, 0.2) is 23.8 Å². The molecule has 3 aliphatic carbocycles. The summed E-state index contributed by atoms with van der Waals surface area (Å²) in [5.41, 5.74) is 1.15. The SMILES string of the molecule is CCCCCC1=CC2C3C=CC(C3)C2C1=O.